The Hall–Kier alpha value is -1.43. The third-order valence-electron chi connectivity index (χ3n) is 4.32. The lowest BCUT2D eigenvalue weighted by Crippen LogP contribution is -2.42. The zero-order valence-corrected chi connectivity index (χ0v) is 15.2. The first-order chi connectivity index (χ1) is 10.8. The van der Waals surface area contributed by atoms with Crippen molar-refractivity contribution in [3.8, 4) is 6.07 Å². The van der Waals surface area contributed by atoms with Gasteiger partial charge in [0.05, 0.1) is 11.3 Å². The van der Waals surface area contributed by atoms with Crippen LogP contribution in [0.4, 0.5) is 5.00 Å². The lowest BCUT2D eigenvalue weighted by atomic mass is 9.97. The van der Waals surface area contributed by atoms with Gasteiger partial charge < -0.3 is 5.32 Å². The van der Waals surface area contributed by atoms with Crippen LogP contribution >= 0.6 is 11.3 Å². The summed E-state index contributed by atoms with van der Waals surface area (Å²) in [5.74, 6) is -0.257. The maximum absolute atomic E-state index is 12.4. The number of carbonyl (C=O) groups excluding carboxylic acids is 1. The van der Waals surface area contributed by atoms with E-state index in [1.807, 2.05) is 13.8 Å². The lowest BCUT2D eigenvalue weighted by Gasteiger charge is -2.30. The van der Waals surface area contributed by atoms with Crippen LogP contribution in [0.2, 0.25) is 0 Å². The summed E-state index contributed by atoms with van der Waals surface area (Å²) in [7, 11) is -3.18. The van der Waals surface area contributed by atoms with E-state index in [2.05, 4.69) is 11.4 Å². The minimum absolute atomic E-state index is 0.0864. The van der Waals surface area contributed by atoms with Gasteiger partial charge in [0.15, 0.2) is 0 Å². The highest BCUT2D eigenvalue weighted by Gasteiger charge is 2.30. The van der Waals surface area contributed by atoms with E-state index in [4.69, 9.17) is 0 Å². The summed E-state index contributed by atoms with van der Waals surface area (Å²) in [4.78, 5) is 13.4. The van der Waals surface area contributed by atoms with Crippen LogP contribution in [0.1, 0.15) is 35.8 Å². The van der Waals surface area contributed by atoms with Crippen molar-refractivity contribution < 1.29 is 13.2 Å². The Kier molecular flexibility index (Phi) is 5.45. The molecule has 1 aliphatic heterocycles. The van der Waals surface area contributed by atoms with Gasteiger partial charge in [-0.25, -0.2) is 12.7 Å². The molecule has 1 amide bonds. The number of sulfonamides is 1. The molecule has 1 fully saturated rings. The molecule has 1 aromatic heterocycles. The molecule has 0 aliphatic carbocycles. The van der Waals surface area contributed by atoms with E-state index in [1.54, 1.807) is 6.92 Å². The summed E-state index contributed by atoms with van der Waals surface area (Å²) < 4.78 is 25.1. The van der Waals surface area contributed by atoms with Crippen molar-refractivity contribution in [1.82, 2.24) is 4.31 Å². The molecule has 0 bridgehead atoms. The molecule has 1 aromatic rings. The van der Waals surface area contributed by atoms with Gasteiger partial charge in [0.2, 0.25) is 15.9 Å². The number of carbonyl (C=O) groups is 1. The molecule has 0 atom stereocenters. The number of nitrogens with one attached hydrogen (secondary N) is 1. The van der Waals surface area contributed by atoms with Crippen molar-refractivity contribution in [2.75, 3.05) is 24.2 Å². The lowest BCUT2D eigenvalue weighted by molar-refractivity contribution is -0.120. The van der Waals surface area contributed by atoms with Gasteiger partial charge in [-0.05, 0) is 39.2 Å². The maximum atomic E-state index is 12.4. The van der Waals surface area contributed by atoms with Crippen LogP contribution in [0.15, 0.2) is 0 Å². The van der Waals surface area contributed by atoms with E-state index in [0.717, 1.165) is 10.4 Å². The van der Waals surface area contributed by atoms with Gasteiger partial charge in [-0.15, -0.1) is 11.3 Å². The molecular formula is C15H21N3O3S2. The van der Waals surface area contributed by atoms with Crippen LogP contribution in [0.5, 0.6) is 0 Å². The zero-order chi connectivity index (χ0) is 17.2. The van der Waals surface area contributed by atoms with Crippen molar-refractivity contribution in [3.63, 3.8) is 0 Å². The first kappa shape index (κ1) is 17.9. The molecule has 0 aromatic carbocycles. The van der Waals surface area contributed by atoms with Crippen LogP contribution in [0.3, 0.4) is 0 Å². The Bertz CT molecular complexity index is 739. The predicted molar refractivity (Wildman–Crippen MR) is 90.9 cm³/mol. The SMILES string of the molecule is CCS(=O)(=O)N1CCC(C(=O)Nc2sc(C)c(C)c2C#N)CC1. The minimum Gasteiger partial charge on any atom is -0.316 e. The minimum atomic E-state index is -3.18. The quantitative estimate of drug-likeness (QED) is 0.897. The van der Waals surface area contributed by atoms with Gasteiger partial charge in [-0.3, -0.25) is 4.79 Å². The normalized spacial score (nSPS) is 17.0. The maximum Gasteiger partial charge on any atom is 0.228 e. The number of thiophene rings is 1. The zero-order valence-electron chi connectivity index (χ0n) is 13.5. The van der Waals surface area contributed by atoms with Crippen LogP contribution in [0, 0.1) is 31.1 Å². The first-order valence-electron chi connectivity index (χ1n) is 7.59. The second-order valence-corrected chi connectivity index (χ2v) is 9.14. The Labute approximate surface area is 141 Å². The van der Waals surface area contributed by atoms with Crippen molar-refractivity contribution in [3.05, 3.63) is 16.0 Å². The molecule has 0 unspecified atom stereocenters. The Balaban J connectivity index is 2.02. The van der Waals surface area contributed by atoms with E-state index < -0.39 is 10.0 Å². The Morgan fingerprint density at radius 3 is 2.52 bits per heavy atom. The highest BCUT2D eigenvalue weighted by molar-refractivity contribution is 7.89. The van der Waals surface area contributed by atoms with Crippen LogP contribution in [-0.2, 0) is 14.8 Å². The summed E-state index contributed by atoms with van der Waals surface area (Å²) in [6.07, 6.45) is 1.02. The molecule has 6 nitrogen and oxygen atoms in total. The number of piperidine rings is 1. The molecule has 1 saturated heterocycles. The van der Waals surface area contributed by atoms with Gasteiger partial charge >= 0.3 is 0 Å². The number of nitrogens with zero attached hydrogens (tertiary/aromatic N) is 2. The molecule has 126 valence electrons. The Morgan fingerprint density at radius 2 is 2.00 bits per heavy atom. The average Bonchev–Trinajstić information content (AvgIpc) is 2.81. The third-order valence-corrected chi connectivity index (χ3v) is 7.32. The van der Waals surface area contributed by atoms with Gasteiger partial charge in [0.25, 0.3) is 0 Å². The molecule has 1 aliphatic rings. The number of anilines is 1. The smallest absolute Gasteiger partial charge is 0.228 e. The van der Waals surface area contributed by atoms with Crippen molar-refractivity contribution >= 4 is 32.3 Å². The van der Waals surface area contributed by atoms with E-state index in [9.17, 15) is 18.5 Å². The van der Waals surface area contributed by atoms with Crippen molar-refractivity contribution in [1.29, 1.82) is 5.26 Å². The van der Waals surface area contributed by atoms with Crippen molar-refractivity contribution in [2.45, 2.75) is 33.6 Å². The summed E-state index contributed by atoms with van der Waals surface area (Å²) >= 11 is 1.41. The topological polar surface area (TPSA) is 90.3 Å². The van der Waals surface area contributed by atoms with Gasteiger partial charge in [-0.2, -0.15) is 5.26 Å². The van der Waals surface area contributed by atoms with E-state index >= 15 is 0 Å². The second-order valence-electron chi connectivity index (χ2n) is 5.66. The molecule has 8 heteroatoms. The summed E-state index contributed by atoms with van der Waals surface area (Å²) in [5, 5.41) is 12.7. The number of hydrogen-bond acceptors (Lipinski definition) is 5. The number of hydrogen-bond donors (Lipinski definition) is 1. The summed E-state index contributed by atoms with van der Waals surface area (Å²) in [6.45, 7) is 6.17. The first-order valence-corrected chi connectivity index (χ1v) is 10.0. The predicted octanol–water partition coefficient (Wildman–Crippen LogP) is 2.24. The molecule has 2 rings (SSSR count). The molecule has 1 N–H and O–H groups in total. The van der Waals surface area contributed by atoms with Crippen molar-refractivity contribution in [2.24, 2.45) is 5.92 Å². The second kappa shape index (κ2) is 6.99. The third kappa shape index (κ3) is 3.74. The molecular weight excluding hydrogens is 334 g/mol. The van der Waals surface area contributed by atoms with E-state index in [-0.39, 0.29) is 17.6 Å². The van der Waals surface area contributed by atoms with Crippen LogP contribution in [0.25, 0.3) is 0 Å². The molecule has 23 heavy (non-hydrogen) atoms. The number of aryl methyl sites for hydroxylation is 1. The average molecular weight is 355 g/mol. The fraction of sp³-hybridized carbons (Fsp3) is 0.600. The highest BCUT2D eigenvalue weighted by Crippen LogP contribution is 2.32. The standard InChI is InChI=1S/C15H21N3O3S2/c1-4-23(20,21)18-7-5-12(6-8-18)14(19)17-15-13(9-16)10(2)11(3)22-15/h12H,4-8H2,1-3H3,(H,17,19). The molecule has 0 saturated carbocycles. The van der Waals surface area contributed by atoms with E-state index in [1.165, 1.54) is 15.6 Å². The summed E-state index contributed by atoms with van der Waals surface area (Å²) in [6, 6.07) is 2.14. The monoisotopic (exact) mass is 355 g/mol. The number of nitriles is 1. The fourth-order valence-electron chi connectivity index (χ4n) is 2.64. The van der Waals surface area contributed by atoms with Crippen LogP contribution in [-0.4, -0.2) is 37.5 Å². The van der Waals surface area contributed by atoms with Gasteiger partial charge in [-0.1, -0.05) is 0 Å². The molecule has 2 heterocycles. The largest absolute Gasteiger partial charge is 0.316 e. The molecule has 0 radical (unpaired) electrons. The fourth-order valence-corrected chi connectivity index (χ4v) is 4.79. The van der Waals surface area contributed by atoms with E-state index in [0.29, 0.717) is 36.5 Å². The molecule has 0 spiro atoms. The van der Waals surface area contributed by atoms with Gasteiger partial charge in [0.1, 0.15) is 11.1 Å². The highest BCUT2D eigenvalue weighted by atomic mass is 32.2. The van der Waals surface area contributed by atoms with Gasteiger partial charge in [0, 0.05) is 23.9 Å². The number of amides is 1. The Morgan fingerprint density at radius 1 is 1.39 bits per heavy atom. The van der Waals surface area contributed by atoms with Crippen LogP contribution < -0.4 is 5.32 Å². The number of rotatable bonds is 4. The summed E-state index contributed by atoms with van der Waals surface area (Å²) in [5.41, 5.74) is 1.42.